The number of nitrogens with zero attached hydrogens (tertiary/aromatic N) is 2. The molecule has 7 aromatic carbocycles. The summed E-state index contributed by atoms with van der Waals surface area (Å²) in [4.78, 5) is 5.89. The summed E-state index contributed by atoms with van der Waals surface area (Å²) in [6.07, 6.45) is 7.28. The van der Waals surface area contributed by atoms with Gasteiger partial charge in [0.05, 0.1) is 5.54 Å². The van der Waals surface area contributed by atoms with Crippen molar-refractivity contribution in [1.82, 2.24) is 0 Å². The molecule has 0 bridgehead atoms. The Morgan fingerprint density at radius 2 is 1.07 bits per heavy atom. The summed E-state index contributed by atoms with van der Waals surface area (Å²) in [5.74, 6) is 0. The Morgan fingerprint density at radius 3 is 1.77 bits per heavy atom. The van der Waals surface area contributed by atoms with Gasteiger partial charge in [0.1, 0.15) is 0 Å². The van der Waals surface area contributed by atoms with E-state index in [2.05, 4.69) is 236 Å². The van der Waals surface area contributed by atoms with Crippen LogP contribution in [0.3, 0.4) is 0 Å². The fourth-order valence-electron chi connectivity index (χ4n) is 16.8. The van der Waals surface area contributed by atoms with Crippen molar-refractivity contribution < 1.29 is 0 Å². The Hall–Kier alpha value is -5.80. The number of anilines is 4. The molecule has 2 nitrogen and oxygen atoms in total. The number of hydrogen-bond acceptors (Lipinski definition) is 2. The zero-order chi connectivity index (χ0) is 52.7. The predicted molar refractivity (Wildman–Crippen MR) is 322 cm³/mol. The average Bonchev–Trinajstić information content (AvgIpc) is 4.01. The van der Waals surface area contributed by atoms with Crippen molar-refractivity contribution in [3.05, 3.63) is 165 Å². The summed E-state index contributed by atoms with van der Waals surface area (Å²) in [7, 11) is 0. The normalized spacial score (nSPS) is 23.1. The highest BCUT2D eigenvalue weighted by Gasteiger charge is 2.63. The van der Waals surface area contributed by atoms with E-state index in [0.717, 1.165) is 0 Å². The number of benzene rings is 7. The third-order valence-corrected chi connectivity index (χ3v) is 21.5. The summed E-state index contributed by atoms with van der Waals surface area (Å²) in [5.41, 5.74) is 32.5. The predicted octanol–water partition coefficient (Wildman–Crippen LogP) is 17.9. The van der Waals surface area contributed by atoms with Gasteiger partial charge in [0.2, 0.25) is 0 Å². The molecule has 1 fully saturated rings. The van der Waals surface area contributed by atoms with Crippen molar-refractivity contribution >= 4 is 40.5 Å². The smallest absolute Gasteiger partial charge is 0.333 e. The van der Waals surface area contributed by atoms with Crippen LogP contribution in [0.1, 0.15) is 199 Å². The fraction of sp³-hybridized carbons (Fsp3) is 0.417. The van der Waals surface area contributed by atoms with Crippen molar-refractivity contribution in [2.75, 3.05) is 9.71 Å². The van der Waals surface area contributed by atoms with Gasteiger partial charge in [-0.15, -0.1) is 0 Å². The molecule has 0 aromatic heterocycles. The van der Waals surface area contributed by atoms with Gasteiger partial charge >= 0.3 is 6.85 Å². The fourth-order valence-corrected chi connectivity index (χ4v) is 16.8. The number of fused-ring (bicyclic) bond motifs is 16. The molecule has 3 aliphatic heterocycles. The second-order valence-electron chi connectivity index (χ2n) is 29.5. The van der Waals surface area contributed by atoms with Crippen molar-refractivity contribution in [3.8, 4) is 44.5 Å². The third kappa shape index (κ3) is 5.95. The molecule has 0 radical (unpaired) electrons. The van der Waals surface area contributed by atoms with Gasteiger partial charge in [-0.05, 0) is 179 Å². The van der Waals surface area contributed by atoms with E-state index < -0.39 is 0 Å². The lowest BCUT2D eigenvalue weighted by Crippen LogP contribution is -2.65. The van der Waals surface area contributed by atoms with E-state index in [1.54, 1.807) is 16.7 Å². The lowest BCUT2D eigenvalue weighted by Gasteiger charge is -2.53. The van der Waals surface area contributed by atoms with Gasteiger partial charge in [-0.2, -0.15) is 0 Å². The lowest BCUT2D eigenvalue weighted by molar-refractivity contribution is 0.195. The molecule has 14 rings (SSSR count). The summed E-state index contributed by atoms with van der Waals surface area (Å²) >= 11 is 0. The van der Waals surface area contributed by atoms with Crippen LogP contribution in [0.5, 0.6) is 0 Å². The van der Waals surface area contributed by atoms with Crippen LogP contribution in [0.25, 0.3) is 44.5 Å². The summed E-state index contributed by atoms with van der Waals surface area (Å²) in [6.45, 7) is 39.9. The molecular weight excluding hydrogens is 904 g/mol. The number of hydrogen-bond donors (Lipinski definition) is 0. The highest BCUT2D eigenvalue weighted by atomic mass is 15.3. The van der Waals surface area contributed by atoms with E-state index in [1.807, 2.05) is 0 Å². The van der Waals surface area contributed by atoms with Crippen molar-refractivity contribution in [1.29, 1.82) is 0 Å². The molecule has 0 saturated heterocycles. The van der Waals surface area contributed by atoms with Gasteiger partial charge < -0.3 is 9.71 Å². The Balaban J connectivity index is 1.19. The molecular formula is C72H79BN2. The van der Waals surface area contributed by atoms with Gasteiger partial charge in [-0.3, -0.25) is 0 Å². The monoisotopic (exact) mass is 983 g/mol. The van der Waals surface area contributed by atoms with Crippen molar-refractivity contribution in [2.45, 2.75) is 193 Å². The third-order valence-electron chi connectivity index (χ3n) is 21.5. The highest BCUT2D eigenvalue weighted by molar-refractivity contribution is 6.94. The van der Waals surface area contributed by atoms with Gasteiger partial charge in [0, 0.05) is 50.1 Å². The van der Waals surface area contributed by atoms with Crippen molar-refractivity contribution in [3.63, 3.8) is 0 Å². The molecule has 0 N–H and O–H groups in total. The minimum absolute atomic E-state index is 0.0278. The van der Waals surface area contributed by atoms with Crippen LogP contribution < -0.4 is 20.6 Å². The summed E-state index contributed by atoms with van der Waals surface area (Å²) in [6, 6.07) is 47.0. The van der Waals surface area contributed by atoms with Crippen LogP contribution in [-0.4, -0.2) is 12.4 Å². The van der Waals surface area contributed by atoms with Crippen LogP contribution in [0.4, 0.5) is 22.7 Å². The SMILES string of the molecule is CC(C)(C)c1ccc(N2B3c4cc(C(C)(C)C)cc5c4N(c4cc6c(c(c43)-c3c2ccc2c3C(C)(C)c3cc4c(cc3-2)C(C)(C)CCC4(C)C)C(C)(C)c2ccccc2-6)C2(C)CCCCC52C)c(-c2ccccc2)c1. The Bertz CT molecular complexity index is 3680. The lowest BCUT2D eigenvalue weighted by atomic mass is 9.42. The molecule has 2 unspecified atom stereocenters. The molecule has 0 spiro atoms. The molecule has 7 aromatic rings. The van der Waals surface area contributed by atoms with Gasteiger partial charge in [0.25, 0.3) is 0 Å². The zero-order valence-corrected chi connectivity index (χ0v) is 48.2. The first-order valence-electron chi connectivity index (χ1n) is 28.9. The molecule has 0 amide bonds. The largest absolute Gasteiger partial charge is 0.376 e. The standard InChI is InChI=1S/C72H79BN2/c1-65(2,3)43-28-30-56(47(36-43)42-24-18-17-19-25-42)75-57-31-29-46-48-39-52-53(68(9,10)35-34-67(52,7)8)41-51(48)70(13,14)61(46)59(57)60-62-49(45-26-20-21-27-50(45)69(62,11)12)40-58-63(60)73(75)55-38-44(66(4,5)6)37-54-64(55)74(58)72(16)33-23-22-32-71(54,72)15/h17-21,24-31,36-41H,22-23,32-35H2,1-16H3. The first kappa shape index (κ1) is 47.6. The first-order valence-corrected chi connectivity index (χ1v) is 28.9. The highest BCUT2D eigenvalue weighted by Crippen LogP contribution is 2.67. The molecule has 4 aliphatic carbocycles. The minimum atomic E-state index is -0.286. The summed E-state index contributed by atoms with van der Waals surface area (Å²) in [5, 5.41) is 0. The van der Waals surface area contributed by atoms with Gasteiger partial charge in [0.15, 0.2) is 0 Å². The van der Waals surface area contributed by atoms with Crippen LogP contribution >= 0.6 is 0 Å². The summed E-state index contributed by atoms with van der Waals surface area (Å²) < 4.78 is 0. The van der Waals surface area contributed by atoms with Crippen LogP contribution in [0.2, 0.25) is 0 Å². The Labute approximate surface area is 450 Å². The molecule has 2 atom stereocenters. The van der Waals surface area contributed by atoms with E-state index in [9.17, 15) is 0 Å². The second-order valence-corrected chi connectivity index (χ2v) is 29.5. The van der Waals surface area contributed by atoms with E-state index in [1.165, 1.54) is 150 Å². The molecule has 75 heavy (non-hydrogen) atoms. The number of rotatable bonds is 2. The maximum atomic E-state index is 2.98. The Morgan fingerprint density at radius 1 is 0.440 bits per heavy atom. The maximum absolute atomic E-state index is 2.98. The second kappa shape index (κ2) is 14.6. The van der Waals surface area contributed by atoms with E-state index >= 15 is 0 Å². The van der Waals surface area contributed by atoms with Gasteiger partial charge in [-0.1, -0.05) is 202 Å². The molecule has 380 valence electrons. The first-order chi connectivity index (χ1) is 35.2. The molecule has 7 aliphatic rings. The van der Waals surface area contributed by atoms with E-state index in [-0.39, 0.29) is 50.3 Å². The minimum Gasteiger partial charge on any atom is -0.376 e. The van der Waals surface area contributed by atoms with Gasteiger partial charge in [-0.25, -0.2) is 0 Å². The maximum Gasteiger partial charge on any atom is 0.333 e. The van der Waals surface area contributed by atoms with Crippen LogP contribution in [0, 0.1) is 0 Å². The van der Waals surface area contributed by atoms with E-state index in [0.29, 0.717) is 0 Å². The zero-order valence-electron chi connectivity index (χ0n) is 48.2. The van der Waals surface area contributed by atoms with Crippen molar-refractivity contribution in [2.24, 2.45) is 0 Å². The van der Waals surface area contributed by atoms with E-state index in [4.69, 9.17) is 0 Å². The molecule has 3 heterocycles. The van der Waals surface area contributed by atoms with Crippen LogP contribution in [0.15, 0.2) is 115 Å². The van der Waals surface area contributed by atoms with Crippen LogP contribution in [-0.2, 0) is 37.9 Å². The topological polar surface area (TPSA) is 6.48 Å². The molecule has 1 saturated carbocycles. The average molecular weight is 983 g/mol. The Kier molecular flexibility index (Phi) is 9.28. The molecule has 3 heteroatoms. The quantitative estimate of drug-likeness (QED) is 0.159.